The Kier molecular flexibility index (Phi) is 5.65. The highest BCUT2D eigenvalue weighted by Crippen LogP contribution is 2.24. The van der Waals surface area contributed by atoms with Gasteiger partial charge >= 0.3 is 5.97 Å². The number of carbonyl (C=O) groups is 1. The number of aromatic nitrogens is 2. The smallest absolute Gasteiger partial charge is 0.338 e. The average molecular weight is 426 g/mol. The Hall–Kier alpha value is -3.04. The van der Waals surface area contributed by atoms with E-state index in [1.54, 1.807) is 12.1 Å². The maximum absolute atomic E-state index is 13.2. The van der Waals surface area contributed by atoms with E-state index in [1.165, 1.54) is 16.7 Å². The minimum atomic E-state index is -3.58. The van der Waals surface area contributed by atoms with Crippen molar-refractivity contribution in [3.05, 3.63) is 60.4 Å². The highest BCUT2D eigenvalue weighted by Gasteiger charge is 2.28. The van der Waals surface area contributed by atoms with E-state index < -0.39 is 16.0 Å². The van der Waals surface area contributed by atoms with Gasteiger partial charge in [0.1, 0.15) is 0 Å². The quantitative estimate of drug-likeness (QED) is 0.645. The number of benzene rings is 2. The van der Waals surface area contributed by atoms with Crippen LogP contribution in [0.3, 0.4) is 0 Å². The molecule has 1 unspecified atom stereocenters. The van der Waals surface area contributed by atoms with Gasteiger partial charge in [-0.3, -0.25) is 0 Å². The predicted molar refractivity (Wildman–Crippen MR) is 113 cm³/mol. The molecule has 1 atom stereocenters. The molecule has 1 aromatic heterocycles. The number of fused-ring (bicyclic) bond motifs is 1. The molecule has 2 aromatic carbocycles. The molecule has 9 heteroatoms. The summed E-state index contributed by atoms with van der Waals surface area (Å²) in [4.78, 5) is 19.3. The zero-order chi connectivity index (χ0) is 21.1. The predicted octanol–water partition coefficient (Wildman–Crippen LogP) is 2.98. The van der Waals surface area contributed by atoms with Gasteiger partial charge in [0.15, 0.2) is 0 Å². The number of aromatic carboxylic acids is 1. The topological polar surface area (TPSA) is 112 Å². The minimum absolute atomic E-state index is 0.0116. The molecule has 0 radical (unpaired) electrons. The number of sulfonamides is 1. The number of carboxylic acids is 1. The third-order valence-corrected chi connectivity index (χ3v) is 7.17. The lowest BCUT2D eigenvalue weighted by atomic mass is 10.1. The number of rotatable bonds is 5. The molecule has 0 amide bonds. The number of nitrogens with zero attached hydrogens (tertiary/aromatic N) is 3. The van der Waals surface area contributed by atoms with E-state index in [-0.39, 0.29) is 11.6 Å². The van der Waals surface area contributed by atoms with E-state index in [9.17, 15) is 13.2 Å². The average Bonchev–Trinajstić information content (AvgIpc) is 3.00. The van der Waals surface area contributed by atoms with E-state index >= 15 is 0 Å². The fourth-order valence-electron chi connectivity index (χ4n) is 3.63. The summed E-state index contributed by atoms with van der Waals surface area (Å²) >= 11 is 0. The lowest BCUT2D eigenvalue weighted by Crippen LogP contribution is -2.32. The molecule has 0 bridgehead atoms. The van der Waals surface area contributed by atoms with Gasteiger partial charge in [0.05, 0.1) is 10.5 Å². The molecule has 0 aliphatic carbocycles. The Balaban J connectivity index is 1.45. The zero-order valence-corrected chi connectivity index (χ0v) is 17.0. The van der Waals surface area contributed by atoms with Crippen molar-refractivity contribution < 1.29 is 18.3 Å². The van der Waals surface area contributed by atoms with Crippen LogP contribution in [0.2, 0.25) is 0 Å². The second-order valence-electron chi connectivity index (χ2n) is 7.29. The third kappa shape index (κ3) is 4.27. The monoisotopic (exact) mass is 426 g/mol. The van der Waals surface area contributed by atoms with E-state index in [2.05, 4.69) is 15.3 Å². The summed E-state index contributed by atoms with van der Waals surface area (Å²) in [6.45, 7) is 0.839. The van der Waals surface area contributed by atoms with Crippen molar-refractivity contribution in [3.8, 4) is 0 Å². The molecule has 30 heavy (non-hydrogen) atoms. The van der Waals surface area contributed by atoms with Crippen LogP contribution in [0.15, 0.2) is 59.8 Å². The SMILES string of the molecule is O=C(O)c1cnc(NC2CCCN(S(=O)(=O)c3ccc4ccccc4c3)CC2)nc1. The summed E-state index contributed by atoms with van der Waals surface area (Å²) < 4.78 is 27.9. The highest BCUT2D eigenvalue weighted by atomic mass is 32.2. The van der Waals surface area contributed by atoms with Gasteiger partial charge < -0.3 is 10.4 Å². The van der Waals surface area contributed by atoms with Crippen LogP contribution in [0.1, 0.15) is 29.6 Å². The lowest BCUT2D eigenvalue weighted by Gasteiger charge is -2.21. The fourth-order valence-corrected chi connectivity index (χ4v) is 5.16. The zero-order valence-electron chi connectivity index (χ0n) is 16.2. The Labute approximate surface area is 174 Å². The van der Waals surface area contributed by atoms with Crippen molar-refractivity contribution in [2.45, 2.75) is 30.2 Å². The number of anilines is 1. The highest BCUT2D eigenvalue weighted by molar-refractivity contribution is 7.89. The van der Waals surface area contributed by atoms with E-state index in [4.69, 9.17) is 5.11 Å². The molecule has 1 fully saturated rings. The van der Waals surface area contributed by atoms with Crippen LogP contribution in [-0.2, 0) is 10.0 Å². The Morgan fingerprint density at radius 3 is 2.50 bits per heavy atom. The summed E-state index contributed by atoms with van der Waals surface area (Å²) in [6.07, 6.45) is 4.60. The first-order valence-corrected chi connectivity index (χ1v) is 11.2. The second-order valence-corrected chi connectivity index (χ2v) is 9.22. The van der Waals surface area contributed by atoms with Crippen LogP contribution >= 0.6 is 0 Å². The van der Waals surface area contributed by atoms with Gasteiger partial charge in [-0.2, -0.15) is 4.31 Å². The standard InChI is InChI=1S/C21H22N4O4S/c26-20(27)17-13-22-21(23-14-17)24-18-6-3-10-25(11-9-18)30(28,29)19-8-7-15-4-1-2-5-16(15)12-19/h1-2,4-5,7-8,12-14,18H,3,6,9-11H2,(H,26,27)(H,22,23,24). The molecule has 2 N–H and O–H groups in total. The van der Waals surface area contributed by atoms with Crippen molar-refractivity contribution in [1.82, 2.24) is 14.3 Å². The Morgan fingerprint density at radius 2 is 1.77 bits per heavy atom. The number of carboxylic acid groups (broad SMARTS) is 1. The number of nitrogens with one attached hydrogen (secondary N) is 1. The Bertz CT molecular complexity index is 1170. The molecule has 2 heterocycles. The van der Waals surface area contributed by atoms with Crippen LogP contribution in [-0.4, -0.2) is 52.9 Å². The Morgan fingerprint density at radius 1 is 1.03 bits per heavy atom. The van der Waals surface area contributed by atoms with E-state index in [0.29, 0.717) is 36.8 Å². The molecular formula is C21H22N4O4S. The summed E-state index contributed by atoms with van der Waals surface area (Å²) in [5.41, 5.74) is 0.0223. The lowest BCUT2D eigenvalue weighted by molar-refractivity contribution is 0.0696. The van der Waals surface area contributed by atoms with Crippen molar-refractivity contribution in [1.29, 1.82) is 0 Å². The van der Waals surface area contributed by atoms with Crippen LogP contribution in [0, 0.1) is 0 Å². The van der Waals surface area contributed by atoms with Gasteiger partial charge in [-0.1, -0.05) is 30.3 Å². The summed E-state index contributed by atoms with van der Waals surface area (Å²) in [6, 6.07) is 12.9. The molecule has 156 valence electrons. The van der Waals surface area contributed by atoms with Gasteiger partial charge in [-0.25, -0.2) is 23.2 Å². The van der Waals surface area contributed by atoms with Gasteiger partial charge in [0, 0.05) is 31.5 Å². The summed E-state index contributed by atoms with van der Waals surface area (Å²) in [5.74, 6) is -0.735. The van der Waals surface area contributed by atoms with Crippen LogP contribution in [0.4, 0.5) is 5.95 Å². The third-order valence-electron chi connectivity index (χ3n) is 5.28. The van der Waals surface area contributed by atoms with E-state index in [0.717, 1.165) is 17.2 Å². The summed E-state index contributed by atoms with van der Waals surface area (Å²) in [7, 11) is -3.58. The van der Waals surface area contributed by atoms with Crippen molar-refractivity contribution in [3.63, 3.8) is 0 Å². The van der Waals surface area contributed by atoms with Crippen LogP contribution < -0.4 is 5.32 Å². The van der Waals surface area contributed by atoms with Crippen LogP contribution in [0.5, 0.6) is 0 Å². The van der Waals surface area contributed by atoms with Crippen LogP contribution in [0.25, 0.3) is 10.8 Å². The number of hydrogen-bond acceptors (Lipinski definition) is 6. The number of hydrogen-bond donors (Lipinski definition) is 2. The largest absolute Gasteiger partial charge is 0.478 e. The molecule has 3 aromatic rings. The molecule has 8 nitrogen and oxygen atoms in total. The molecule has 4 rings (SSSR count). The van der Waals surface area contributed by atoms with E-state index in [1.807, 2.05) is 30.3 Å². The first-order valence-electron chi connectivity index (χ1n) is 9.74. The van der Waals surface area contributed by atoms with Gasteiger partial charge in [-0.15, -0.1) is 0 Å². The molecule has 0 saturated carbocycles. The van der Waals surface area contributed by atoms with Gasteiger partial charge in [0.2, 0.25) is 16.0 Å². The summed E-state index contributed by atoms with van der Waals surface area (Å²) in [5, 5.41) is 14.0. The first-order chi connectivity index (χ1) is 14.4. The normalized spacial score (nSPS) is 18.1. The molecule has 1 saturated heterocycles. The molecular weight excluding hydrogens is 404 g/mol. The van der Waals surface area contributed by atoms with Gasteiger partial charge in [-0.05, 0) is 42.2 Å². The van der Waals surface area contributed by atoms with Crippen molar-refractivity contribution in [2.75, 3.05) is 18.4 Å². The molecule has 1 aliphatic heterocycles. The molecule has 1 aliphatic rings. The maximum atomic E-state index is 13.2. The molecule has 0 spiro atoms. The van der Waals surface area contributed by atoms with Crippen molar-refractivity contribution in [2.24, 2.45) is 0 Å². The van der Waals surface area contributed by atoms with Gasteiger partial charge in [0.25, 0.3) is 0 Å². The first kappa shape index (κ1) is 20.2. The maximum Gasteiger partial charge on any atom is 0.338 e. The second kappa shape index (κ2) is 8.37. The fraction of sp³-hybridized carbons (Fsp3) is 0.286. The van der Waals surface area contributed by atoms with Crippen molar-refractivity contribution >= 4 is 32.7 Å². The minimum Gasteiger partial charge on any atom is -0.478 e.